The summed E-state index contributed by atoms with van der Waals surface area (Å²) in [5.41, 5.74) is 3.69. The Labute approximate surface area is 102 Å². The van der Waals surface area contributed by atoms with Crippen molar-refractivity contribution in [2.45, 2.75) is 12.8 Å². The number of rotatable bonds is 4. The number of pyridine rings is 1. The van der Waals surface area contributed by atoms with Crippen molar-refractivity contribution in [3.8, 4) is 0 Å². The van der Waals surface area contributed by atoms with Gasteiger partial charge in [-0.2, -0.15) is 0 Å². The van der Waals surface area contributed by atoms with Crippen molar-refractivity contribution in [3.05, 3.63) is 18.3 Å². The van der Waals surface area contributed by atoms with E-state index in [-0.39, 0.29) is 0 Å². The Morgan fingerprint density at radius 3 is 3.24 bits per heavy atom. The molecule has 3 N–H and O–H groups in total. The highest BCUT2D eigenvalue weighted by Gasteiger charge is 2.16. The van der Waals surface area contributed by atoms with E-state index in [0.29, 0.717) is 11.7 Å². The van der Waals surface area contributed by atoms with Crippen molar-refractivity contribution in [3.63, 3.8) is 0 Å². The number of nitrogens with zero attached hydrogens (tertiary/aromatic N) is 2. The van der Waals surface area contributed by atoms with Crippen LogP contribution in [0.1, 0.15) is 12.8 Å². The highest BCUT2D eigenvalue weighted by Crippen LogP contribution is 2.20. The Hall–Kier alpha value is -1.33. The molecule has 17 heavy (non-hydrogen) atoms. The molecule has 5 nitrogen and oxygen atoms in total. The van der Waals surface area contributed by atoms with Crippen LogP contribution in [0.2, 0.25) is 0 Å². The predicted octanol–water partition coefficient (Wildman–Crippen LogP) is 1.23. The molecule has 5 heteroatoms. The molecule has 2 rings (SSSR count). The third-order valence-electron chi connectivity index (χ3n) is 3.12. The quantitative estimate of drug-likeness (QED) is 0.608. The zero-order chi connectivity index (χ0) is 12.1. The van der Waals surface area contributed by atoms with Crippen LogP contribution in [0.5, 0.6) is 0 Å². The highest BCUT2D eigenvalue weighted by molar-refractivity contribution is 5.52. The van der Waals surface area contributed by atoms with E-state index in [1.54, 1.807) is 6.20 Å². The van der Waals surface area contributed by atoms with Gasteiger partial charge in [0.05, 0.1) is 6.61 Å². The van der Waals surface area contributed by atoms with Crippen LogP contribution < -0.4 is 16.2 Å². The molecule has 0 radical (unpaired) electrons. The summed E-state index contributed by atoms with van der Waals surface area (Å²) in [5.74, 6) is 6.66. The Kier molecular flexibility index (Phi) is 4.17. The number of hydrazine groups is 1. The number of aromatic nitrogens is 1. The predicted molar refractivity (Wildman–Crippen MR) is 68.9 cm³/mol. The van der Waals surface area contributed by atoms with Gasteiger partial charge < -0.3 is 15.1 Å². The van der Waals surface area contributed by atoms with E-state index in [9.17, 15) is 0 Å². The van der Waals surface area contributed by atoms with E-state index in [0.717, 1.165) is 25.4 Å². The van der Waals surface area contributed by atoms with Crippen LogP contribution in [-0.4, -0.2) is 31.8 Å². The summed E-state index contributed by atoms with van der Waals surface area (Å²) in [4.78, 5) is 6.32. The van der Waals surface area contributed by atoms with Crippen LogP contribution in [0.15, 0.2) is 18.3 Å². The third kappa shape index (κ3) is 3.31. The third-order valence-corrected chi connectivity index (χ3v) is 3.12. The number of nitrogens with one attached hydrogen (secondary N) is 1. The molecule has 0 spiro atoms. The lowest BCUT2D eigenvalue weighted by Crippen LogP contribution is -2.30. The summed E-state index contributed by atoms with van der Waals surface area (Å²) in [5, 5.41) is 0. The molecule has 1 unspecified atom stereocenters. The van der Waals surface area contributed by atoms with Gasteiger partial charge >= 0.3 is 0 Å². The van der Waals surface area contributed by atoms with Crippen LogP contribution in [-0.2, 0) is 4.74 Å². The van der Waals surface area contributed by atoms with Crippen molar-refractivity contribution >= 4 is 11.5 Å². The molecule has 1 atom stereocenters. The molecule has 0 amide bonds. The first-order valence-electron chi connectivity index (χ1n) is 6.01. The molecule has 94 valence electrons. The standard InChI is InChI=1S/C12H20N4O/c1-16(8-10-3-2-6-17-9-10)11-4-5-14-12(7-11)15-13/h4-5,7,10H,2-3,6,8-9,13H2,1H3,(H,14,15). The lowest BCUT2D eigenvalue weighted by atomic mass is 10.0. The van der Waals surface area contributed by atoms with Crippen LogP contribution in [0.4, 0.5) is 11.5 Å². The lowest BCUT2D eigenvalue weighted by molar-refractivity contribution is 0.0576. The van der Waals surface area contributed by atoms with Gasteiger partial charge in [0.2, 0.25) is 0 Å². The fourth-order valence-electron chi connectivity index (χ4n) is 2.18. The molecule has 0 aliphatic carbocycles. The maximum Gasteiger partial charge on any atom is 0.141 e. The fourth-order valence-corrected chi connectivity index (χ4v) is 2.18. The van der Waals surface area contributed by atoms with Gasteiger partial charge in [0.15, 0.2) is 0 Å². The molecule has 2 heterocycles. The summed E-state index contributed by atoms with van der Waals surface area (Å²) in [6, 6.07) is 3.94. The van der Waals surface area contributed by atoms with Crippen molar-refractivity contribution in [2.24, 2.45) is 11.8 Å². The number of ether oxygens (including phenoxy) is 1. The second-order valence-corrected chi connectivity index (χ2v) is 4.51. The Morgan fingerprint density at radius 2 is 2.53 bits per heavy atom. The van der Waals surface area contributed by atoms with E-state index in [2.05, 4.69) is 22.4 Å². The van der Waals surface area contributed by atoms with Gasteiger partial charge in [0, 0.05) is 38.1 Å². The summed E-state index contributed by atoms with van der Waals surface area (Å²) >= 11 is 0. The van der Waals surface area contributed by atoms with Crippen molar-refractivity contribution in [1.29, 1.82) is 0 Å². The molecular formula is C12H20N4O. The molecule has 1 aromatic heterocycles. The first-order valence-corrected chi connectivity index (χ1v) is 6.01. The van der Waals surface area contributed by atoms with Crippen LogP contribution in [0.25, 0.3) is 0 Å². The molecule has 1 aromatic rings. The monoisotopic (exact) mass is 236 g/mol. The molecule has 0 aromatic carbocycles. The molecular weight excluding hydrogens is 216 g/mol. The Morgan fingerprint density at radius 1 is 1.65 bits per heavy atom. The summed E-state index contributed by atoms with van der Waals surface area (Å²) in [7, 11) is 2.09. The zero-order valence-electron chi connectivity index (χ0n) is 10.2. The number of nitrogen functional groups attached to an aromatic ring is 1. The molecule has 0 saturated carbocycles. The van der Waals surface area contributed by atoms with Crippen LogP contribution >= 0.6 is 0 Å². The van der Waals surface area contributed by atoms with E-state index >= 15 is 0 Å². The molecule has 1 aliphatic rings. The summed E-state index contributed by atoms with van der Waals surface area (Å²) < 4.78 is 5.49. The van der Waals surface area contributed by atoms with Crippen molar-refractivity contribution in [1.82, 2.24) is 4.98 Å². The zero-order valence-corrected chi connectivity index (χ0v) is 10.2. The number of hydrogen-bond donors (Lipinski definition) is 2. The number of nitrogens with two attached hydrogens (primary N) is 1. The minimum Gasteiger partial charge on any atom is -0.381 e. The van der Waals surface area contributed by atoms with Crippen LogP contribution in [0, 0.1) is 5.92 Å². The Balaban J connectivity index is 1.95. The topological polar surface area (TPSA) is 63.4 Å². The van der Waals surface area contributed by atoms with E-state index in [1.165, 1.54) is 12.8 Å². The van der Waals surface area contributed by atoms with Gasteiger partial charge in [0.1, 0.15) is 5.82 Å². The fraction of sp³-hybridized carbons (Fsp3) is 0.583. The lowest BCUT2D eigenvalue weighted by Gasteiger charge is -2.28. The van der Waals surface area contributed by atoms with Gasteiger partial charge in [-0.3, -0.25) is 0 Å². The average Bonchev–Trinajstić information content (AvgIpc) is 2.40. The van der Waals surface area contributed by atoms with E-state index < -0.39 is 0 Å². The highest BCUT2D eigenvalue weighted by atomic mass is 16.5. The van der Waals surface area contributed by atoms with Crippen LogP contribution in [0.3, 0.4) is 0 Å². The second-order valence-electron chi connectivity index (χ2n) is 4.51. The second kappa shape index (κ2) is 5.84. The van der Waals surface area contributed by atoms with Gasteiger partial charge in [-0.15, -0.1) is 0 Å². The minimum absolute atomic E-state index is 0.621. The first kappa shape index (κ1) is 12.1. The van der Waals surface area contributed by atoms with Gasteiger partial charge in [0.25, 0.3) is 0 Å². The van der Waals surface area contributed by atoms with E-state index in [4.69, 9.17) is 10.6 Å². The SMILES string of the molecule is CN(CC1CCCOC1)c1ccnc(NN)c1. The number of hydrogen-bond acceptors (Lipinski definition) is 5. The summed E-state index contributed by atoms with van der Waals surface area (Å²) in [6.45, 7) is 2.79. The maximum atomic E-state index is 5.49. The minimum atomic E-state index is 0.621. The largest absolute Gasteiger partial charge is 0.381 e. The van der Waals surface area contributed by atoms with Gasteiger partial charge in [-0.05, 0) is 24.8 Å². The maximum absolute atomic E-state index is 5.49. The van der Waals surface area contributed by atoms with E-state index in [1.807, 2.05) is 12.1 Å². The van der Waals surface area contributed by atoms with Gasteiger partial charge in [-0.25, -0.2) is 10.8 Å². The van der Waals surface area contributed by atoms with Crippen molar-refractivity contribution in [2.75, 3.05) is 37.1 Å². The van der Waals surface area contributed by atoms with Crippen molar-refractivity contribution < 1.29 is 4.74 Å². The number of anilines is 2. The molecule has 1 aliphatic heterocycles. The first-order chi connectivity index (χ1) is 8.29. The Bertz CT molecular complexity index is 352. The average molecular weight is 236 g/mol. The summed E-state index contributed by atoms with van der Waals surface area (Å²) in [6.07, 6.45) is 4.18. The molecule has 0 bridgehead atoms. The van der Waals surface area contributed by atoms with Gasteiger partial charge in [-0.1, -0.05) is 0 Å². The normalized spacial score (nSPS) is 20.0. The smallest absolute Gasteiger partial charge is 0.141 e. The molecule has 1 saturated heterocycles. The molecule has 1 fully saturated rings.